The molecule has 0 aromatic heterocycles. The van der Waals surface area contributed by atoms with Crippen molar-refractivity contribution in [2.45, 2.75) is 45.4 Å². The molecule has 4 rings (SSSR count). The van der Waals surface area contributed by atoms with E-state index in [0.717, 1.165) is 53.5 Å². The summed E-state index contributed by atoms with van der Waals surface area (Å²) in [5.74, 6) is -0.128. The molecule has 0 N–H and O–H groups in total. The molecule has 0 aliphatic heterocycles. The fraction of sp³-hybridized carbons (Fsp3) is 0.391. The van der Waals surface area contributed by atoms with Gasteiger partial charge in [0.15, 0.2) is 11.6 Å². The molecule has 3 heteroatoms. The van der Waals surface area contributed by atoms with Crippen LogP contribution in [-0.2, 0) is 16.0 Å². The van der Waals surface area contributed by atoms with Gasteiger partial charge in [-0.2, -0.15) is 0 Å². The maximum atomic E-state index is 13.0. The van der Waals surface area contributed by atoms with E-state index in [1.165, 1.54) is 0 Å². The summed E-state index contributed by atoms with van der Waals surface area (Å²) in [6, 6.07) is 12.1. The van der Waals surface area contributed by atoms with Crippen molar-refractivity contribution < 1.29 is 9.59 Å². The number of halogens is 1. The summed E-state index contributed by atoms with van der Waals surface area (Å²) in [4.78, 5) is 26.0. The molecule has 0 heterocycles. The average Bonchev–Trinajstić information content (AvgIpc) is 3.07. The van der Waals surface area contributed by atoms with Gasteiger partial charge in [-0.05, 0) is 78.6 Å². The Morgan fingerprint density at radius 1 is 1.00 bits per heavy atom. The average molecular weight is 367 g/mol. The van der Waals surface area contributed by atoms with Crippen LogP contribution in [0.4, 0.5) is 0 Å². The maximum absolute atomic E-state index is 13.0. The fourth-order valence-corrected chi connectivity index (χ4v) is 4.95. The van der Waals surface area contributed by atoms with Crippen molar-refractivity contribution in [3.05, 3.63) is 58.1 Å². The lowest BCUT2D eigenvalue weighted by molar-refractivity contribution is -0.135. The molecule has 2 aliphatic carbocycles. The fourth-order valence-electron chi connectivity index (χ4n) is 4.72. The van der Waals surface area contributed by atoms with Crippen LogP contribution in [0.5, 0.6) is 0 Å². The quantitative estimate of drug-likeness (QED) is 0.669. The Morgan fingerprint density at radius 3 is 2.31 bits per heavy atom. The molecule has 2 bridgehead atoms. The predicted molar refractivity (Wildman–Crippen MR) is 105 cm³/mol. The molecule has 0 spiro atoms. The van der Waals surface area contributed by atoms with Crippen LogP contribution in [-0.4, -0.2) is 11.6 Å². The van der Waals surface area contributed by atoms with Gasteiger partial charge in [-0.25, -0.2) is 0 Å². The number of hydrogen-bond acceptors (Lipinski definition) is 2. The molecule has 1 unspecified atom stereocenters. The third kappa shape index (κ3) is 2.81. The summed E-state index contributed by atoms with van der Waals surface area (Å²) in [5.41, 5.74) is 5.26. The van der Waals surface area contributed by atoms with Crippen LogP contribution in [0.2, 0.25) is 5.02 Å². The molecule has 0 radical (unpaired) electrons. The summed E-state index contributed by atoms with van der Waals surface area (Å²) < 4.78 is 0. The molecular weight excluding hydrogens is 344 g/mol. The number of aryl methyl sites for hydroxylation is 2. The highest BCUT2D eigenvalue weighted by Crippen LogP contribution is 2.45. The van der Waals surface area contributed by atoms with Crippen LogP contribution in [0.15, 0.2) is 36.4 Å². The Balaban J connectivity index is 1.83. The van der Waals surface area contributed by atoms with E-state index in [0.29, 0.717) is 5.02 Å². The molecule has 2 aromatic rings. The summed E-state index contributed by atoms with van der Waals surface area (Å²) in [6.45, 7) is 4.12. The first kappa shape index (κ1) is 17.5. The van der Waals surface area contributed by atoms with Crippen molar-refractivity contribution in [2.75, 3.05) is 0 Å². The second-order valence-electron chi connectivity index (χ2n) is 7.67. The molecule has 26 heavy (non-hydrogen) atoms. The molecule has 2 nitrogen and oxygen atoms in total. The van der Waals surface area contributed by atoms with Gasteiger partial charge in [0.2, 0.25) is 0 Å². The molecule has 134 valence electrons. The van der Waals surface area contributed by atoms with Crippen LogP contribution in [0, 0.1) is 18.8 Å². The summed E-state index contributed by atoms with van der Waals surface area (Å²) in [5, 5.41) is 0.714. The van der Waals surface area contributed by atoms with Gasteiger partial charge in [0.25, 0.3) is 0 Å². The van der Waals surface area contributed by atoms with Crippen LogP contribution in [0.1, 0.15) is 48.8 Å². The largest absolute Gasteiger partial charge is 0.298 e. The first-order valence-electron chi connectivity index (χ1n) is 9.46. The number of benzene rings is 2. The van der Waals surface area contributed by atoms with E-state index >= 15 is 0 Å². The van der Waals surface area contributed by atoms with Gasteiger partial charge >= 0.3 is 0 Å². The molecule has 3 atom stereocenters. The van der Waals surface area contributed by atoms with Gasteiger partial charge in [0, 0.05) is 16.9 Å². The highest BCUT2D eigenvalue weighted by molar-refractivity contribution is 6.30. The third-order valence-corrected chi connectivity index (χ3v) is 6.38. The number of rotatable bonds is 3. The highest BCUT2D eigenvalue weighted by atomic mass is 35.5. The second-order valence-corrected chi connectivity index (χ2v) is 8.11. The van der Waals surface area contributed by atoms with Crippen LogP contribution in [0.3, 0.4) is 0 Å². The van der Waals surface area contributed by atoms with E-state index in [9.17, 15) is 9.59 Å². The van der Waals surface area contributed by atoms with Gasteiger partial charge in [-0.1, -0.05) is 36.7 Å². The number of Topliss-reactive ketones (excluding diaryl/α,β-unsaturated/α-hetero) is 2. The van der Waals surface area contributed by atoms with Gasteiger partial charge < -0.3 is 0 Å². The molecule has 2 aromatic carbocycles. The molecular formula is C23H23ClO2. The van der Waals surface area contributed by atoms with Gasteiger partial charge in [-0.3, -0.25) is 9.59 Å². The SMILES string of the molecule is CCc1ccc(-c2ccc(Cl)cc2C)cc1C1C(=O)[C@@H]2CC[C@@H](C2)C1=O. The second kappa shape index (κ2) is 6.66. The van der Waals surface area contributed by atoms with Gasteiger partial charge in [-0.15, -0.1) is 0 Å². The van der Waals surface area contributed by atoms with Crippen molar-refractivity contribution in [2.24, 2.45) is 11.8 Å². The zero-order valence-corrected chi connectivity index (χ0v) is 16.0. The Bertz CT molecular complexity index is 877. The van der Waals surface area contributed by atoms with Crippen molar-refractivity contribution in [1.82, 2.24) is 0 Å². The van der Waals surface area contributed by atoms with Crippen molar-refractivity contribution in [3.8, 4) is 11.1 Å². The minimum atomic E-state index is -0.566. The van der Waals surface area contributed by atoms with E-state index in [2.05, 4.69) is 25.1 Å². The van der Waals surface area contributed by atoms with E-state index in [1.807, 2.05) is 25.1 Å². The van der Waals surface area contributed by atoms with Crippen LogP contribution in [0.25, 0.3) is 11.1 Å². The summed E-state index contributed by atoms with van der Waals surface area (Å²) >= 11 is 6.09. The molecule has 2 aliphatic rings. The molecule has 0 saturated heterocycles. The Hall–Kier alpha value is -1.93. The van der Waals surface area contributed by atoms with Crippen LogP contribution < -0.4 is 0 Å². The Morgan fingerprint density at radius 2 is 1.69 bits per heavy atom. The summed E-state index contributed by atoms with van der Waals surface area (Å²) in [6.07, 6.45) is 3.35. The predicted octanol–water partition coefficient (Wildman–Crippen LogP) is 5.53. The minimum absolute atomic E-state index is 0.0772. The monoisotopic (exact) mass is 366 g/mol. The zero-order chi connectivity index (χ0) is 18.4. The zero-order valence-electron chi connectivity index (χ0n) is 15.2. The molecule has 0 amide bonds. The topological polar surface area (TPSA) is 34.1 Å². The van der Waals surface area contributed by atoms with Crippen molar-refractivity contribution in [3.63, 3.8) is 0 Å². The van der Waals surface area contributed by atoms with E-state index < -0.39 is 5.92 Å². The lowest BCUT2D eigenvalue weighted by atomic mass is 9.73. The standard InChI is InChI=1S/C23H23ClO2/c1-3-14-4-5-15(19-9-8-18(24)10-13(19)2)12-20(14)21-22(25)16-6-7-17(11-16)23(21)26/h4-5,8-10,12,16-17,21H,3,6-7,11H2,1-2H3/t16-,17+,21?. The normalized spacial score (nSPS) is 25.0. The lowest BCUT2D eigenvalue weighted by Gasteiger charge is -2.27. The van der Waals surface area contributed by atoms with E-state index in [1.54, 1.807) is 0 Å². The van der Waals surface area contributed by atoms with Crippen molar-refractivity contribution in [1.29, 1.82) is 0 Å². The van der Waals surface area contributed by atoms with E-state index in [4.69, 9.17) is 11.6 Å². The Kier molecular flexibility index (Phi) is 4.48. The lowest BCUT2D eigenvalue weighted by Crippen LogP contribution is -2.35. The minimum Gasteiger partial charge on any atom is -0.298 e. The number of hydrogen-bond donors (Lipinski definition) is 0. The van der Waals surface area contributed by atoms with Crippen molar-refractivity contribution >= 4 is 23.2 Å². The third-order valence-electron chi connectivity index (χ3n) is 6.14. The number of ketones is 2. The van der Waals surface area contributed by atoms with Crippen LogP contribution >= 0.6 is 11.6 Å². The number of carbonyl (C=O) groups excluding carboxylic acids is 2. The Labute approximate surface area is 159 Å². The first-order chi connectivity index (χ1) is 12.5. The summed E-state index contributed by atoms with van der Waals surface area (Å²) in [7, 11) is 0. The van der Waals surface area contributed by atoms with E-state index in [-0.39, 0.29) is 23.4 Å². The van der Waals surface area contributed by atoms with Gasteiger partial charge in [0.05, 0.1) is 0 Å². The molecule has 2 fully saturated rings. The highest BCUT2D eigenvalue weighted by Gasteiger charge is 2.47. The first-order valence-corrected chi connectivity index (χ1v) is 9.84. The maximum Gasteiger partial charge on any atom is 0.150 e. The number of fused-ring (bicyclic) bond motifs is 2. The van der Waals surface area contributed by atoms with Gasteiger partial charge in [0.1, 0.15) is 5.92 Å². The molecule has 2 saturated carbocycles. The number of carbonyl (C=O) groups is 2. The smallest absolute Gasteiger partial charge is 0.150 e.